The number of carbonyl (C=O) groups excluding carboxylic acids is 1. The molecule has 2 rings (SSSR count). The highest BCUT2D eigenvalue weighted by molar-refractivity contribution is 9.13. The van der Waals surface area contributed by atoms with Crippen LogP contribution in [0.2, 0.25) is 5.02 Å². The number of rotatable bonds is 3. The van der Waals surface area contributed by atoms with Crippen LogP contribution in [0.1, 0.15) is 20.0 Å². The van der Waals surface area contributed by atoms with E-state index in [1.807, 2.05) is 0 Å². The first-order chi connectivity index (χ1) is 9.38. The molecular formula is C12H6Br2ClNO3S. The molecule has 0 spiro atoms. The Morgan fingerprint density at radius 2 is 1.95 bits per heavy atom. The number of thiophene rings is 1. The average Bonchev–Trinajstić information content (AvgIpc) is 2.69. The van der Waals surface area contributed by atoms with Gasteiger partial charge in [-0.1, -0.05) is 11.6 Å². The van der Waals surface area contributed by atoms with E-state index >= 15 is 0 Å². The van der Waals surface area contributed by atoms with Gasteiger partial charge in [0.15, 0.2) is 0 Å². The van der Waals surface area contributed by atoms with E-state index in [0.29, 0.717) is 9.90 Å². The van der Waals surface area contributed by atoms with Gasteiger partial charge in [0.25, 0.3) is 5.91 Å². The summed E-state index contributed by atoms with van der Waals surface area (Å²) in [6, 6.07) is 5.86. The Morgan fingerprint density at radius 3 is 2.50 bits per heavy atom. The van der Waals surface area contributed by atoms with E-state index in [1.54, 1.807) is 6.07 Å². The largest absolute Gasteiger partial charge is 0.478 e. The number of amides is 1. The zero-order valence-electron chi connectivity index (χ0n) is 9.62. The molecule has 0 unspecified atom stereocenters. The monoisotopic (exact) mass is 437 g/mol. The minimum Gasteiger partial charge on any atom is -0.478 e. The Bertz CT molecular complexity index is 683. The number of hydrogen-bond acceptors (Lipinski definition) is 3. The van der Waals surface area contributed by atoms with E-state index in [-0.39, 0.29) is 11.3 Å². The SMILES string of the molecule is O=C(Nc1cc(Cl)ccc1C(=O)O)c1cc(Br)c(Br)s1. The van der Waals surface area contributed by atoms with Crippen LogP contribution in [0.25, 0.3) is 0 Å². The Labute approximate surface area is 140 Å². The molecule has 4 nitrogen and oxygen atoms in total. The normalized spacial score (nSPS) is 10.3. The fourth-order valence-corrected chi connectivity index (χ4v) is 3.55. The maximum Gasteiger partial charge on any atom is 0.337 e. The summed E-state index contributed by atoms with van der Waals surface area (Å²) in [5.74, 6) is -1.53. The average molecular weight is 440 g/mol. The van der Waals surface area contributed by atoms with Gasteiger partial charge in [0, 0.05) is 9.50 Å². The third-order valence-corrected chi connectivity index (χ3v) is 5.82. The lowest BCUT2D eigenvalue weighted by molar-refractivity contribution is 0.0698. The summed E-state index contributed by atoms with van der Waals surface area (Å²) in [6.07, 6.45) is 0. The molecule has 1 aromatic heterocycles. The van der Waals surface area contributed by atoms with Gasteiger partial charge in [-0.15, -0.1) is 11.3 Å². The lowest BCUT2D eigenvalue weighted by Crippen LogP contribution is -2.13. The van der Waals surface area contributed by atoms with Crippen molar-refractivity contribution in [3.8, 4) is 0 Å². The number of carbonyl (C=O) groups is 2. The van der Waals surface area contributed by atoms with Crippen molar-refractivity contribution in [1.82, 2.24) is 0 Å². The Hall–Kier alpha value is -0.890. The molecule has 1 aromatic carbocycles. The molecule has 0 aliphatic rings. The Kier molecular flexibility index (Phi) is 4.85. The van der Waals surface area contributed by atoms with Crippen LogP contribution in [0.3, 0.4) is 0 Å². The van der Waals surface area contributed by atoms with Crippen molar-refractivity contribution >= 4 is 72.4 Å². The minimum absolute atomic E-state index is 0.0163. The zero-order chi connectivity index (χ0) is 14.9. The van der Waals surface area contributed by atoms with Crippen LogP contribution in [0, 0.1) is 0 Å². The Balaban J connectivity index is 2.32. The van der Waals surface area contributed by atoms with Crippen molar-refractivity contribution in [3.05, 3.63) is 48.0 Å². The molecule has 0 fully saturated rings. The van der Waals surface area contributed by atoms with Crippen LogP contribution in [0.4, 0.5) is 5.69 Å². The summed E-state index contributed by atoms with van der Waals surface area (Å²) in [7, 11) is 0. The standard InChI is InChI=1S/C12H6Br2ClNO3S/c13-7-4-9(20-10(7)14)11(17)16-8-3-5(15)1-2-6(8)12(18)19/h1-4H,(H,16,17)(H,18,19). The summed E-state index contributed by atoms with van der Waals surface area (Å²) in [5.41, 5.74) is 0.146. The molecule has 0 saturated carbocycles. The molecule has 0 radical (unpaired) electrons. The molecule has 8 heteroatoms. The number of carboxylic acids is 1. The molecule has 20 heavy (non-hydrogen) atoms. The first-order valence-electron chi connectivity index (χ1n) is 5.17. The fraction of sp³-hybridized carbons (Fsp3) is 0. The van der Waals surface area contributed by atoms with Crippen molar-refractivity contribution in [3.63, 3.8) is 0 Å². The number of halogens is 3. The van der Waals surface area contributed by atoms with Crippen LogP contribution in [0.5, 0.6) is 0 Å². The maximum absolute atomic E-state index is 12.1. The summed E-state index contributed by atoms with van der Waals surface area (Å²) in [5, 5.41) is 12.0. The molecule has 0 bridgehead atoms. The van der Waals surface area contributed by atoms with Gasteiger partial charge in [-0.3, -0.25) is 4.79 Å². The van der Waals surface area contributed by atoms with Gasteiger partial charge in [0.05, 0.1) is 19.9 Å². The van der Waals surface area contributed by atoms with Gasteiger partial charge in [0.2, 0.25) is 0 Å². The number of anilines is 1. The van der Waals surface area contributed by atoms with Crippen LogP contribution in [-0.2, 0) is 0 Å². The number of nitrogens with one attached hydrogen (secondary N) is 1. The second kappa shape index (κ2) is 6.26. The van der Waals surface area contributed by atoms with Crippen LogP contribution >= 0.6 is 54.8 Å². The van der Waals surface area contributed by atoms with Gasteiger partial charge >= 0.3 is 5.97 Å². The highest BCUT2D eigenvalue weighted by atomic mass is 79.9. The van der Waals surface area contributed by atoms with Crippen LogP contribution in [0.15, 0.2) is 32.5 Å². The van der Waals surface area contributed by atoms with Gasteiger partial charge < -0.3 is 10.4 Å². The molecule has 0 saturated heterocycles. The van der Waals surface area contributed by atoms with Crippen molar-refractivity contribution < 1.29 is 14.7 Å². The van der Waals surface area contributed by atoms with Gasteiger partial charge in [0.1, 0.15) is 0 Å². The first kappa shape index (κ1) is 15.5. The Morgan fingerprint density at radius 1 is 1.25 bits per heavy atom. The quantitative estimate of drug-likeness (QED) is 0.717. The third-order valence-electron chi connectivity index (χ3n) is 2.33. The second-order valence-electron chi connectivity index (χ2n) is 3.68. The maximum atomic E-state index is 12.1. The van der Waals surface area contributed by atoms with Crippen LogP contribution < -0.4 is 5.32 Å². The van der Waals surface area contributed by atoms with Crippen molar-refractivity contribution in [2.75, 3.05) is 5.32 Å². The van der Waals surface area contributed by atoms with E-state index in [1.165, 1.54) is 29.5 Å². The van der Waals surface area contributed by atoms with Crippen LogP contribution in [-0.4, -0.2) is 17.0 Å². The lowest BCUT2D eigenvalue weighted by atomic mass is 10.2. The van der Waals surface area contributed by atoms with E-state index in [2.05, 4.69) is 37.2 Å². The molecule has 0 atom stereocenters. The number of benzene rings is 1. The van der Waals surface area contributed by atoms with E-state index in [4.69, 9.17) is 16.7 Å². The first-order valence-corrected chi connectivity index (χ1v) is 7.95. The summed E-state index contributed by atoms with van der Waals surface area (Å²) in [6.45, 7) is 0. The predicted molar refractivity (Wildman–Crippen MR) is 86.1 cm³/mol. The molecule has 2 aromatic rings. The summed E-state index contributed by atoms with van der Waals surface area (Å²) >= 11 is 13.6. The highest BCUT2D eigenvalue weighted by Gasteiger charge is 2.16. The zero-order valence-corrected chi connectivity index (χ0v) is 14.4. The third kappa shape index (κ3) is 3.41. The summed E-state index contributed by atoms with van der Waals surface area (Å²) in [4.78, 5) is 23.6. The number of aromatic carboxylic acids is 1. The van der Waals surface area contributed by atoms with Gasteiger partial charge in [-0.25, -0.2) is 4.79 Å². The van der Waals surface area contributed by atoms with Crippen molar-refractivity contribution in [2.45, 2.75) is 0 Å². The fourth-order valence-electron chi connectivity index (χ4n) is 1.45. The molecule has 1 heterocycles. The molecule has 1 amide bonds. The number of hydrogen-bond donors (Lipinski definition) is 2. The number of carboxylic acid groups (broad SMARTS) is 1. The topological polar surface area (TPSA) is 66.4 Å². The highest BCUT2D eigenvalue weighted by Crippen LogP contribution is 2.33. The predicted octanol–water partition coefficient (Wildman–Crippen LogP) is 4.88. The van der Waals surface area contributed by atoms with E-state index in [9.17, 15) is 9.59 Å². The van der Waals surface area contributed by atoms with E-state index < -0.39 is 11.9 Å². The molecule has 2 N–H and O–H groups in total. The van der Waals surface area contributed by atoms with E-state index in [0.717, 1.165) is 8.26 Å². The van der Waals surface area contributed by atoms with Gasteiger partial charge in [-0.2, -0.15) is 0 Å². The van der Waals surface area contributed by atoms with Crippen molar-refractivity contribution in [2.24, 2.45) is 0 Å². The van der Waals surface area contributed by atoms with Crippen molar-refractivity contribution in [1.29, 1.82) is 0 Å². The molecule has 104 valence electrons. The lowest BCUT2D eigenvalue weighted by Gasteiger charge is -2.07. The minimum atomic E-state index is -1.13. The molecular weight excluding hydrogens is 433 g/mol. The van der Waals surface area contributed by atoms with Gasteiger partial charge in [-0.05, 0) is 56.1 Å². The smallest absolute Gasteiger partial charge is 0.337 e. The molecule has 0 aliphatic carbocycles. The molecule has 0 aliphatic heterocycles. The second-order valence-corrected chi connectivity index (χ2v) is 7.34. The summed E-state index contributed by atoms with van der Waals surface area (Å²) < 4.78 is 1.55.